The van der Waals surface area contributed by atoms with Crippen LogP contribution < -0.4 is 5.32 Å². The summed E-state index contributed by atoms with van der Waals surface area (Å²) < 4.78 is 0. The Morgan fingerprint density at radius 3 is 2.57 bits per heavy atom. The van der Waals surface area contributed by atoms with Gasteiger partial charge in [-0.3, -0.25) is 4.79 Å². The second-order valence-corrected chi connectivity index (χ2v) is 3.22. The third-order valence-corrected chi connectivity index (χ3v) is 1.96. The van der Waals surface area contributed by atoms with E-state index in [1.54, 1.807) is 0 Å². The van der Waals surface area contributed by atoms with Gasteiger partial charge in [-0.25, -0.2) is 0 Å². The van der Waals surface area contributed by atoms with Crippen molar-refractivity contribution in [3.8, 4) is 0 Å². The lowest BCUT2D eigenvalue weighted by Crippen LogP contribution is -2.10. The summed E-state index contributed by atoms with van der Waals surface area (Å²) in [5.41, 5.74) is 0.868. The number of anilines is 1. The van der Waals surface area contributed by atoms with Gasteiger partial charge in [-0.05, 0) is 18.6 Å². The van der Waals surface area contributed by atoms with Crippen LogP contribution in [-0.4, -0.2) is 5.91 Å². The number of hydrogen-bond donors (Lipinski definition) is 1. The third kappa shape index (κ3) is 4.08. The Kier molecular flexibility index (Phi) is 4.76. The van der Waals surface area contributed by atoms with Gasteiger partial charge in [0, 0.05) is 12.1 Å². The third-order valence-electron chi connectivity index (χ3n) is 1.96. The maximum Gasteiger partial charge on any atom is 0.224 e. The standard InChI is InChI=1S/C12H16NO/c1-2-3-5-10-12(14)13-11-8-6-4-7-9-11/h4,6-9H,1-3,5,10H2,(H,13,14). The molecule has 1 N–H and O–H groups in total. The van der Waals surface area contributed by atoms with Gasteiger partial charge in [0.25, 0.3) is 0 Å². The zero-order valence-corrected chi connectivity index (χ0v) is 8.33. The molecule has 14 heavy (non-hydrogen) atoms. The van der Waals surface area contributed by atoms with Gasteiger partial charge in [0.15, 0.2) is 0 Å². The molecule has 0 aromatic heterocycles. The van der Waals surface area contributed by atoms with Crippen molar-refractivity contribution in [2.75, 3.05) is 5.32 Å². The number of nitrogens with one attached hydrogen (secondary N) is 1. The number of unbranched alkanes of at least 4 members (excludes halogenated alkanes) is 2. The van der Waals surface area contributed by atoms with E-state index in [0.29, 0.717) is 6.42 Å². The first-order chi connectivity index (χ1) is 6.83. The lowest BCUT2D eigenvalue weighted by molar-refractivity contribution is -0.116. The summed E-state index contributed by atoms with van der Waals surface area (Å²) >= 11 is 0. The van der Waals surface area contributed by atoms with Gasteiger partial charge in [-0.15, -0.1) is 0 Å². The molecule has 2 heteroatoms. The number of hydrogen-bond acceptors (Lipinski definition) is 1. The summed E-state index contributed by atoms with van der Waals surface area (Å²) in [6.07, 6.45) is 3.42. The monoisotopic (exact) mass is 190 g/mol. The molecule has 0 unspecified atom stereocenters. The van der Waals surface area contributed by atoms with Gasteiger partial charge in [0.1, 0.15) is 0 Å². The lowest BCUT2D eigenvalue weighted by Gasteiger charge is -2.03. The van der Waals surface area contributed by atoms with Crippen LogP contribution in [0.4, 0.5) is 5.69 Å². The van der Waals surface area contributed by atoms with Crippen LogP contribution >= 0.6 is 0 Å². The second-order valence-electron chi connectivity index (χ2n) is 3.22. The Morgan fingerprint density at radius 1 is 1.21 bits per heavy atom. The zero-order chi connectivity index (χ0) is 10.2. The molecule has 1 radical (unpaired) electrons. The summed E-state index contributed by atoms with van der Waals surface area (Å²) in [7, 11) is 0. The van der Waals surface area contributed by atoms with Crippen LogP contribution in [0.1, 0.15) is 25.7 Å². The molecule has 1 amide bonds. The Bertz CT molecular complexity index is 269. The smallest absolute Gasteiger partial charge is 0.224 e. The summed E-state index contributed by atoms with van der Waals surface area (Å²) in [6.45, 7) is 3.73. The van der Waals surface area contributed by atoms with E-state index in [2.05, 4.69) is 12.2 Å². The van der Waals surface area contributed by atoms with Crippen molar-refractivity contribution in [2.24, 2.45) is 0 Å². The van der Waals surface area contributed by atoms with Crippen LogP contribution in [0.2, 0.25) is 0 Å². The van der Waals surface area contributed by atoms with Crippen LogP contribution in [0.25, 0.3) is 0 Å². The maximum atomic E-state index is 11.4. The van der Waals surface area contributed by atoms with Gasteiger partial charge >= 0.3 is 0 Å². The van der Waals surface area contributed by atoms with Gasteiger partial charge < -0.3 is 5.32 Å². The van der Waals surface area contributed by atoms with Crippen LogP contribution in [0, 0.1) is 6.92 Å². The SMILES string of the molecule is [CH2]CCCCC(=O)Nc1ccccc1. The van der Waals surface area contributed by atoms with E-state index in [1.165, 1.54) is 0 Å². The molecule has 0 saturated carbocycles. The number of benzene rings is 1. The van der Waals surface area contributed by atoms with Crippen molar-refractivity contribution in [2.45, 2.75) is 25.7 Å². The topological polar surface area (TPSA) is 29.1 Å². The highest BCUT2D eigenvalue weighted by Gasteiger charge is 2.00. The quantitative estimate of drug-likeness (QED) is 0.710. The minimum atomic E-state index is 0.0876. The molecule has 2 nitrogen and oxygen atoms in total. The van der Waals surface area contributed by atoms with Crippen LogP contribution in [-0.2, 0) is 4.79 Å². The fourth-order valence-electron chi connectivity index (χ4n) is 1.21. The first-order valence-corrected chi connectivity index (χ1v) is 4.97. The average Bonchev–Trinajstić information content (AvgIpc) is 2.20. The number of rotatable bonds is 5. The van der Waals surface area contributed by atoms with Crippen LogP contribution in [0.15, 0.2) is 30.3 Å². The minimum Gasteiger partial charge on any atom is -0.326 e. The molecule has 0 heterocycles. The highest BCUT2D eigenvalue weighted by molar-refractivity contribution is 5.90. The van der Waals surface area contributed by atoms with Crippen molar-refractivity contribution >= 4 is 11.6 Å². The molecule has 0 bridgehead atoms. The molecule has 75 valence electrons. The number of amides is 1. The normalized spacial score (nSPS) is 9.79. The molecular weight excluding hydrogens is 174 g/mol. The Labute approximate surface area is 85.3 Å². The van der Waals surface area contributed by atoms with E-state index >= 15 is 0 Å². The fraction of sp³-hybridized carbons (Fsp3) is 0.333. The predicted molar refractivity (Wildman–Crippen MR) is 58.9 cm³/mol. The Hall–Kier alpha value is -1.31. The molecule has 0 spiro atoms. The molecule has 0 aliphatic rings. The minimum absolute atomic E-state index is 0.0876. The van der Waals surface area contributed by atoms with E-state index < -0.39 is 0 Å². The maximum absolute atomic E-state index is 11.4. The average molecular weight is 190 g/mol. The largest absolute Gasteiger partial charge is 0.326 e. The van der Waals surface area contributed by atoms with Crippen molar-refractivity contribution in [3.05, 3.63) is 37.3 Å². The number of carbonyl (C=O) groups excluding carboxylic acids is 1. The fourth-order valence-corrected chi connectivity index (χ4v) is 1.21. The molecule has 1 aromatic rings. The van der Waals surface area contributed by atoms with E-state index in [-0.39, 0.29) is 5.91 Å². The van der Waals surface area contributed by atoms with Crippen molar-refractivity contribution < 1.29 is 4.79 Å². The summed E-state index contributed by atoms with van der Waals surface area (Å²) in [5, 5.41) is 2.84. The molecule has 0 fully saturated rings. The van der Waals surface area contributed by atoms with Gasteiger partial charge in [0.2, 0.25) is 5.91 Å². The summed E-state index contributed by atoms with van der Waals surface area (Å²) in [6, 6.07) is 9.52. The van der Waals surface area contributed by atoms with E-state index in [9.17, 15) is 4.79 Å². The van der Waals surface area contributed by atoms with E-state index in [1.807, 2.05) is 30.3 Å². The molecule has 0 aliphatic heterocycles. The first-order valence-electron chi connectivity index (χ1n) is 4.97. The lowest BCUT2D eigenvalue weighted by atomic mass is 10.2. The summed E-state index contributed by atoms with van der Waals surface area (Å²) in [4.78, 5) is 11.4. The van der Waals surface area contributed by atoms with Gasteiger partial charge in [-0.1, -0.05) is 38.0 Å². The molecule has 0 saturated heterocycles. The van der Waals surface area contributed by atoms with Crippen molar-refractivity contribution in [3.63, 3.8) is 0 Å². The zero-order valence-electron chi connectivity index (χ0n) is 8.33. The molecule has 0 aliphatic carbocycles. The first kappa shape index (κ1) is 10.8. The Balaban J connectivity index is 2.27. The highest BCUT2D eigenvalue weighted by Crippen LogP contribution is 2.07. The van der Waals surface area contributed by atoms with Crippen molar-refractivity contribution in [1.29, 1.82) is 0 Å². The van der Waals surface area contributed by atoms with Gasteiger partial charge in [0.05, 0.1) is 0 Å². The molecule has 1 rings (SSSR count). The second kappa shape index (κ2) is 6.19. The predicted octanol–water partition coefficient (Wildman–Crippen LogP) is 3.02. The summed E-state index contributed by atoms with van der Waals surface area (Å²) in [5.74, 6) is 0.0876. The number of para-hydroxylation sites is 1. The number of carbonyl (C=O) groups is 1. The molecule has 1 aromatic carbocycles. The van der Waals surface area contributed by atoms with E-state index in [0.717, 1.165) is 24.9 Å². The van der Waals surface area contributed by atoms with Gasteiger partial charge in [-0.2, -0.15) is 0 Å². The van der Waals surface area contributed by atoms with Crippen LogP contribution in [0.3, 0.4) is 0 Å². The van der Waals surface area contributed by atoms with E-state index in [4.69, 9.17) is 0 Å². The Morgan fingerprint density at radius 2 is 1.93 bits per heavy atom. The molecule has 0 atom stereocenters. The highest BCUT2D eigenvalue weighted by atomic mass is 16.1. The van der Waals surface area contributed by atoms with Crippen LogP contribution in [0.5, 0.6) is 0 Å². The van der Waals surface area contributed by atoms with Crippen molar-refractivity contribution in [1.82, 2.24) is 0 Å². The molecular formula is C12H16NO.